The first-order valence-electron chi connectivity index (χ1n) is 8.28. The third-order valence-corrected chi connectivity index (χ3v) is 4.81. The Labute approximate surface area is 139 Å². The predicted octanol–water partition coefficient (Wildman–Crippen LogP) is 3.65. The molecule has 124 valence electrons. The molecule has 1 amide bonds. The monoisotopic (exact) mass is 328 g/mol. The molecule has 5 heteroatoms. The van der Waals surface area contributed by atoms with Crippen molar-refractivity contribution in [3.05, 3.63) is 65.5 Å². The van der Waals surface area contributed by atoms with Gasteiger partial charge in [-0.15, -0.1) is 0 Å². The molecular formula is C19H18F2N2O. The molecule has 2 fully saturated rings. The van der Waals surface area contributed by atoms with Crippen LogP contribution in [0.2, 0.25) is 0 Å². The summed E-state index contributed by atoms with van der Waals surface area (Å²) in [5.74, 6) is -1.28. The normalized spacial score (nSPS) is 22.2. The summed E-state index contributed by atoms with van der Waals surface area (Å²) in [6.45, 7) is 0.534. The van der Waals surface area contributed by atoms with Gasteiger partial charge in [0.15, 0.2) is 0 Å². The standard InChI is InChI=1S/C19H18F2N2O/c20-13-3-6-18(21)16(8-13)15-9-17(15)19(24)23(14-4-5-14)11-12-2-1-7-22-10-12/h1-3,6-8,10,14-15,17H,4-5,9,11H2/t15-,17+/m0/s1. The summed E-state index contributed by atoms with van der Waals surface area (Å²) >= 11 is 0. The summed E-state index contributed by atoms with van der Waals surface area (Å²) in [6, 6.07) is 7.54. The number of aromatic nitrogens is 1. The van der Waals surface area contributed by atoms with E-state index < -0.39 is 11.6 Å². The van der Waals surface area contributed by atoms with Gasteiger partial charge in [-0.3, -0.25) is 9.78 Å². The predicted molar refractivity (Wildman–Crippen MR) is 85.0 cm³/mol. The molecule has 2 saturated carbocycles. The maximum Gasteiger partial charge on any atom is 0.226 e. The lowest BCUT2D eigenvalue weighted by atomic mass is 10.1. The highest BCUT2D eigenvalue weighted by Gasteiger charge is 2.49. The number of hydrogen-bond donors (Lipinski definition) is 0. The van der Waals surface area contributed by atoms with Crippen molar-refractivity contribution < 1.29 is 13.6 Å². The Kier molecular flexibility index (Phi) is 3.79. The third-order valence-electron chi connectivity index (χ3n) is 4.81. The minimum atomic E-state index is -0.459. The number of carbonyl (C=O) groups excluding carboxylic acids is 1. The lowest BCUT2D eigenvalue weighted by Gasteiger charge is -2.22. The number of halogens is 2. The molecular weight excluding hydrogens is 310 g/mol. The molecule has 2 aliphatic rings. The smallest absolute Gasteiger partial charge is 0.226 e. The van der Waals surface area contributed by atoms with E-state index in [2.05, 4.69) is 4.98 Å². The van der Waals surface area contributed by atoms with E-state index in [1.165, 1.54) is 6.07 Å². The molecule has 1 heterocycles. The SMILES string of the molecule is O=C([C@@H]1C[C@H]1c1cc(F)ccc1F)N(Cc1cccnc1)C1CC1. The van der Waals surface area contributed by atoms with Gasteiger partial charge in [0, 0.05) is 30.9 Å². The van der Waals surface area contributed by atoms with Crippen molar-refractivity contribution in [2.75, 3.05) is 0 Å². The van der Waals surface area contributed by atoms with Crippen molar-refractivity contribution in [3.8, 4) is 0 Å². The molecule has 2 atom stereocenters. The zero-order chi connectivity index (χ0) is 16.7. The number of amides is 1. The van der Waals surface area contributed by atoms with E-state index in [9.17, 15) is 13.6 Å². The molecule has 0 saturated heterocycles. The summed E-state index contributed by atoms with van der Waals surface area (Å²) in [5.41, 5.74) is 1.32. The first-order valence-corrected chi connectivity index (χ1v) is 8.28. The molecule has 0 unspecified atom stereocenters. The Bertz CT molecular complexity index is 761. The maximum atomic E-state index is 13.9. The number of nitrogens with zero attached hydrogens (tertiary/aromatic N) is 2. The van der Waals surface area contributed by atoms with Crippen LogP contribution in [-0.4, -0.2) is 21.8 Å². The van der Waals surface area contributed by atoms with Crippen LogP contribution in [-0.2, 0) is 11.3 Å². The lowest BCUT2D eigenvalue weighted by Crippen LogP contribution is -2.34. The fourth-order valence-electron chi connectivity index (χ4n) is 3.28. The van der Waals surface area contributed by atoms with Gasteiger partial charge in [-0.1, -0.05) is 6.07 Å². The number of carbonyl (C=O) groups is 1. The molecule has 2 aliphatic carbocycles. The number of hydrogen-bond acceptors (Lipinski definition) is 2. The minimum Gasteiger partial charge on any atom is -0.335 e. The zero-order valence-electron chi connectivity index (χ0n) is 13.2. The molecule has 0 N–H and O–H groups in total. The van der Waals surface area contributed by atoms with E-state index in [0.29, 0.717) is 18.5 Å². The van der Waals surface area contributed by atoms with Crippen molar-refractivity contribution in [1.29, 1.82) is 0 Å². The molecule has 0 aliphatic heterocycles. The Hall–Kier alpha value is -2.30. The molecule has 1 aromatic carbocycles. The second-order valence-corrected chi connectivity index (χ2v) is 6.67. The molecule has 2 aromatic rings. The van der Waals surface area contributed by atoms with Crippen LogP contribution in [0.15, 0.2) is 42.7 Å². The first kappa shape index (κ1) is 15.2. The lowest BCUT2D eigenvalue weighted by molar-refractivity contribution is -0.133. The minimum absolute atomic E-state index is 0.0509. The average Bonchev–Trinajstić information content (AvgIpc) is 3.48. The Balaban J connectivity index is 1.49. The van der Waals surface area contributed by atoms with Gasteiger partial charge in [-0.25, -0.2) is 8.78 Å². The average molecular weight is 328 g/mol. The van der Waals surface area contributed by atoms with Crippen LogP contribution in [0.25, 0.3) is 0 Å². The van der Waals surface area contributed by atoms with Crippen molar-refractivity contribution in [1.82, 2.24) is 9.88 Å². The molecule has 0 bridgehead atoms. The molecule has 0 radical (unpaired) electrons. The van der Waals surface area contributed by atoms with E-state index in [0.717, 1.165) is 30.5 Å². The summed E-state index contributed by atoms with van der Waals surface area (Å²) in [7, 11) is 0. The van der Waals surface area contributed by atoms with Gasteiger partial charge in [0.1, 0.15) is 11.6 Å². The van der Waals surface area contributed by atoms with Crippen molar-refractivity contribution in [2.45, 2.75) is 37.8 Å². The second-order valence-electron chi connectivity index (χ2n) is 6.67. The van der Waals surface area contributed by atoms with Crippen LogP contribution in [0.3, 0.4) is 0 Å². The maximum absolute atomic E-state index is 13.9. The van der Waals surface area contributed by atoms with Crippen LogP contribution >= 0.6 is 0 Å². The molecule has 24 heavy (non-hydrogen) atoms. The largest absolute Gasteiger partial charge is 0.335 e. The van der Waals surface area contributed by atoms with Gasteiger partial charge in [0.05, 0.1) is 0 Å². The summed E-state index contributed by atoms with van der Waals surface area (Å²) in [6.07, 6.45) is 6.08. The Morgan fingerprint density at radius 2 is 2.08 bits per heavy atom. The second kappa shape index (κ2) is 5.96. The van der Waals surface area contributed by atoms with Crippen LogP contribution in [0.5, 0.6) is 0 Å². The van der Waals surface area contributed by atoms with E-state index in [1.54, 1.807) is 12.4 Å². The van der Waals surface area contributed by atoms with Crippen LogP contribution < -0.4 is 0 Å². The van der Waals surface area contributed by atoms with E-state index in [4.69, 9.17) is 0 Å². The van der Waals surface area contributed by atoms with Crippen molar-refractivity contribution >= 4 is 5.91 Å². The van der Waals surface area contributed by atoms with Crippen LogP contribution in [0.1, 0.15) is 36.3 Å². The fourth-order valence-corrected chi connectivity index (χ4v) is 3.28. The molecule has 1 aromatic heterocycles. The Morgan fingerprint density at radius 1 is 1.25 bits per heavy atom. The molecule has 3 nitrogen and oxygen atoms in total. The fraction of sp³-hybridized carbons (Fsp3) is 0.368. The van der Waals surface area contributed by atoms with Gasteiger partial charge >= 0.3 is 0 Å². The van der Waals surface area contributed by atoms with Crippen molar-refractivity contribution in [2.24, 2.45) is 5.92 Å². The zero-order valence-corrected chi connectivity index (χ0v) is 13.2. The van der Waals surface area contributed by atoms with Gasteiger partial charge in [-0.05, 0) is 60.6 Å². The van der Waals surface area contributed by atoms with Gasteiger partial charge in [-0.2, -0.15) is 0 Å². The van der Waals surface area contributed by atoms with Gasteiger partial charge in [0.2, 0.25) is 5.91 Å². The Morgan fingerprint density at radius 3 is 2.79 bits per heavy atom. The number of benzene rings is 1. The summed E-state index contributed by atoms with van der Waals surface area (Å²) in [5, 5.41) is 0. The summed E-state index contributed by atoms with van der Waals surface area (Å²) < 4.78 is 27.3. The van der Waals surface area contributed by atoms with Gasteiger partial charge in [0.25, 0.3) is 0 Å². The highest BCUT2D eigenvalue weighted by molar-refractivity contribution is 5.83. The van der Waals surface area contributed by atoms with E-state index in [1.807, 2.05) is 17.0 Å². The third kappa shape index (κ3) is 3.03. The van der Waals surface area contributed by atoms with Crippen LogP contribution in [0.4, 0.5) is 8.78 Å². The quantitative estimate of drug-likeness (QED) is 0.839. The van der Waals surface area contributed by atoms with E-state index >= 15 is 0 Å². The highest BCUT2D eigenvalue weighted by Crippen LogP contribution is 2.50. The number of rotatable bonds is 5. The molecule has 0 spiro atoms. The van der Waals surface area contributed by atoms with Crippen LogP contribution in [0, 0.1) is 17.6 Å². The molecule has 4 rings (SSSR count). The number of pyridine rings is 1. The highest BCUT2D eigenvalue weighted by atomic mass is 19.1. The topological polar surface area (TPSA) is 33.2 Å². The van der Waals surface area contributed by atoms with Gasteiger partial charge < -0.3 is 4.90 Å². The summed E-state index contributed by atoms with van der Waals surface area (Å²) in [4.78, 5) is 18.8. The van der Waals surface area contributed by atoms with Crippen molar-refractivity contribution in [3.63, 3.8) is 0 Å². The first-order chi connectivity index (χ1) is 11.6. The van der Waals surface area contributed by atoms with E-state index in [-0.39, 0.29) is 23.8 Å².